The van der Waals surface area contributed by atoms with Crippen LogP contribution in [0.15, 0.2) is 12.2 Å². The Hall–Kier alpha value is -1.25. The number of carbonyl (C=O) groups excluding carboxylic acids is 2. The van der Waals surface area contributed by atoms with Gasteiger partial charge in [-0.3, -0.25) is 14.7 Å². The fourth-order valence-corrected chi connectivity index (χ4v) is 2.53. The first-order chi connectivity index (χ1) is 11.3. The van der Waals surface area contributed by atoms with Crippen LogP contribution in [0.25, 0.3) is 0 Å². The molecule has 0 aromatic carbocycles. The monoisotopic (exact) mass is 362 g/mol. The zero-order chi connectivity index (χ0) is 18.4. The molecule has 0 heterocycles. The van der Waals surface area contributed by atoms with E-state index in [4.69, 9.17) is 4.55 Å². The fourth-order valence-electron chi connectivity index (χ4n) is 2.15. The van der Waals surface area contributed by atoms with Crippen LogP contribution < -0.4 is 10.6 Å². The number of amides is 1. The third kappa shape index (κ3) is 14.3. The topological polar surface area (TPSA) is 113 Å². The van der Waals surface area contributed by atoms with Gasteiger partial charge in [0.25, 0.3) is 10.1 Å². The Labute approximate surface area is 145 Å². The van der Waals surface area contributed by atoms with Gasteiger partial charge in [-0.25, -0.2) is 0 Å². The maximum atomic E-state index is 11.7. The summed E-state index contributed by atoms with van der Waals surface area (Å²) in [5.41, 5.74) is 0.381. The molecule has 1 unspecified atom stereocenters. The minimum atomic E-state index is -4.02. The zero-order valence-electron chi connectivity index (χ0n) is 14.4. The lowest BCUT2D eigenvalue weighted by Gasteiger charge is -2.20. The van der Waals surface area contributed by atoms with Crippen molar-refractivity contribution in [3.8, 4) is 0 Å². The molecule has 7 nitrogen and oxygen atoms in total. The quantitative estimate of drug-likeness (QED) is 0.135. The molecule has 0 spiro atoms. The molecule has 0 bridgehead atoms. The molecule has 0 aliphatic heterocycles. The molecule has 0 rings (SSSR count). The van der Waals surface area contributed by atoms with E-state index in [1.165, 1.54) is 0 Å². The molecule has 0 saturated heterocycles. The lowest BCUT2D eigenvalue weighted by molar-refractivity contribution is -0.118. The first-order valence-corrected chi connectivity index (χ1v) is 9.95. The number of nitrogens with one attached hydrogen (secondary N) is 2. The number of rotatable bonds is 15. The first kappa shape index (κ1) is 22.8. The Balaban J connectivity index is 4.07. The highest BCUT2D eigenvalue weighted by Crippen LogP contribution is 2.09. The van der Waals surface area contributed by atoms with Crippen molar-refractivity contribution in [3.05, 3.63) is 12.2 Å². The van der Waals surface area contributed by atoms with Gasteiger partial charge in [-0.15, -0.1) is 0 Å². The molecule has 8 heteroatoms. The Morgan fingerprint density at radius 3 is 2.29 bits per heavy atom. The summed E-state index contributed by atoms with van der Waals surface area (Å²) < 4.78 is 30.2. The fraction of sp³-hybridized carbons (Fsp3) is 0.750. The number of hydrogen-bond donors (Lipinski definition) is 3. The molecule has 0 aliphatic carbocycles. The highest BCUT2D eigenvalue weighted by atomic mass is 32.2. The molecular weight excluding hydrogens is 332 g/mol. The minimum absolute atomic E-state index is 0.0612. The summed E-state index contributed by atoms with van der Waals surface area (Å²) in [6.45, 7) is 5.23. The molecule has 0 fully saturated rings. The van der Waals surface area contributed by atoms with Gasteiger partial charge in [-0.1, -0.05) is 38.7 Å². The molecule has 24 heavy (non-hydrogen) atoms. The molecule has 0 aliphatic rings. The second kappa shape index (κ2) is 13.1. The van der Waals surface area contributed by atoms with E-state index in [1.807, 2.05) is 0 Å². The summed E-state index contributed by atoms with van der Waals surface area (Å²) in [5.74, 6) is -0.684. The van der Waals surface area contributed by atoms with E-state index in [-0.39, 0.29) is 18.6 Å². The summed E-state index contributed by atoms with van der Waals surface area (Å²) in [5, 5.41) is 5.69. The molecular formula is C16H30N2O5S. The van der Waals surface area contributed by atoms with Crippen molar-refractivity contribution in [1.82, 2.24) is 10.6 Å². The highest BCUT2D eigenvalue weighted by molar-refractivity contribution is 7.85. The van der Waals surface area contributed by atoms with Gasteiger partial charge in [0.1, 0.15) is 6.29 Å². The van der Waals surface area contributed by atoms with Crippen LogP contribution in [0.5, 0.6) is 0 Å². The molecule has 0 aromatic rings. The first-order valence-electron chi connectivity index (χ1n) is 8.35. The average Bonchev–Trinajstić information content (AvgIpc) is 2.48. The number of carbonyl (C=O) groups is 2. The van der Waals surface area contributed by atoms with E-state index in [2.05, 4.69) is 17.2 Å². The van der Waals surface area contributed by atoms with Crippen molar-refractivity contribution >= 4 is 22.3 Å². The summed E-state index contributed by atoms with van der Waals surface area (Å²) in [6.07, 6.45) is 7.86. The van der Waals surface area contributed by atoms with E-state index >= 15 is 0 Å². The molecule has 0 saturated carbocycles. The third-order valence-electron chi connectivity index (χ3n) is 3.51. The van der Waals surface area contributed by atoms with Crippen LogP contribution in [-0.4, -0.2) is 43.6 Å². The summed E-state index contributed by atoms with van der Waals surface area (Å²) in [4.78, 5) is 21.9. The Kier molecular flexibility index (Phi) is 12.4. The van der Waals surface area contributed by atoms with Crippen molar-refractivity contribution < 1.29 is 22.6 Å². The van der Waals surface area contributed by atoms with E-state index in [9.17, 15) is 18.0 Å². The normalized spacial score (nSPS) is 12.6. The average molecular weight is 362 g/mol. The van der Waals surface area contributed by atoms with Gasteiger partial charge < -0.3 is 10.1 Å². The molecule has 1 amide bonds. The van der Waals surface area contributed by atoms with E-state index < -0.39 is 15.9 Å². The summed E-state index contributed by atoms with van der Waals surface area (Å²) in [6, 6.07) is 0. The third-order valence-corrected chi connectivity index (χ3v) is 4.23. The van der Waals surface area contributed by atoms with Crippen molar-refractivity contribution in [2.75, 3.05) is 12.3 Å². The van der Waals surface area contributed by atoms with Crippen LogP contribution in [0.2, 0.25) is 0 Å². The van der Waals surface area contributed by atoms with Crippen LogP contribution in [0.3, 0.4) is 0 Å². The lowest BCUT2D eigenvalue weighted by Crippen LogP contribution is -2.47. The van der Waals surface area contributed by atoms with Crippen molar-refractivity contribution in [1.29, 1.82) is 0 Å². The van der Waals surface area contributed by atoms with Gasteiger partial charge >= 0.3 is 0 Å². The Morgan fingerprint density at radius 2 is 1.75 bits per heavy atom. The van der Waals surface area contributed by atoms with E-state index in [1.54, 1.807) is 6.92 Å². The van der Waals surface area contributed by atoms with Crippen LogP contribution in [0.1, 0.15) is 58.3 Å². The summed E-state index contributed by atoms with van der Waals surface area (Å²) >= 11 is 0. The van der Waals surface area contributed by atoms with Crippen LogP contribution in [0, 0.1) is 0 Å². The van der Waals surface area contributed by atoms with Crippen molar-refractivity contribution in [2.24, 2.45) is 0 Å². The Bertz CT molecular complexity index is 491. The van der Waals surface area contributed by atoms with Crippen molar-refractivity contribution in [2.45, 2.75) is 64.5 Å². The van der Waals surface area contributed by atoms with Crippen LogP contribution in [-0.2, 0) is 19.7 Å². The maximum absolute atomic E-state index is 11.7. The molecule has 0 radical (unpaired) electrons. The summed E-state index contributed by atoms with van der Waals surface area (Å²) in [7, 11) is -4.02. The second-order valence-corrected chi connectivity index (χ2v) is 7.48. The predicted molar refractivity (Wildman–Crippen MR) is 94.2 cm³/mol. The van der Waals surface area contributed by atoms with Gasteiger partial charge in [0.2, 0.25) is 5.91 Å². The van der Waals surface area contributed by atoms with E-state index in [0.717, 1.165) is 44.8 Å². The zero-order valence-corrected chi connectivity index (χ0v) is 15.2. The van der Waals surface area contributed by atoms with Gasteiger partial charge in [0.15, 0.2) is 0 Å². The number of aldehydes is 1. The standard InChI is InChI=1S/C16H30N2O5S/c1-14(2)16(20)18-15(17-11-13-24(21,22)23)10-8-6-4-3-5-7-9-12-19/h12,15,17H,1,3-11,13H2,2H3,(H,18,20)(H,21,22,23). The largest absolute Gasteiger partial charge is 0.337 e. The highest BCUT2D eigenvalue weighted by Gasteiger charge is 2.13. The smallest absolute Gasteiger partial charge is 0.266 e. The molecule has 3 N–H and O–H groups in total. The molecule has 0 aromatic heterocycles. The van der Waals surface area contributed by atoms with Gasteiger partial charge in [-0.2, -0.15) is 8.42 Å². The minimum Gasteiger partial charge on any atom is -0.337 e. The lowest BCUT2D eigenvalue weighted by atomic mass is 10.1. The Morgan fingerprint density at radius 1 is 1.17 bits per heavy atom. The maximum Gasteiger partial charge on any atom is 0.266 e. The van der Waals surface area contributed by atoms with Gasteiger partial charge in [-0.05, 0) is 19.8 Å². The van der Waals surface area contributed by atoms with Crippen LogP contribution in [0.4, 0.5) is 0 Å². The SMILES string of the molecule is C=C(C)C(=O)NC(CCCCCCCCC=O)NCCS(=O)(=O)O. The van der Waals surface area contributed by atoms with Gasteiger partial charge in [0, 0.05) is 18.5 Å². The molecule has 140 valence electrons. The van der Waals surface area contributed by atoms with Gasteiger partial charge in [0.05, 0.1) is 11.9 Å². The molecule has 1 atom stereocenters. The number of hydrogen-bond acceptors (Lipinski definition) is 5. The van der Waals surface area contributed by atoms with Crippen molar-refractivity contribution in [3.63, 3.8) is 0 Å². The second-order valence-electron chi connectivity index (χ2n) is 5.91. The number of unbranched alkanes of at least 4 members (excludes halogenated alkanes) is 6. The van der Waals surface area contributed by atoms with Crippen LogP contribution >= 0.6 is 0 Å². The van der Waals surface area contributed by atoms with E-state index in [0.29, 0.717) is 18.4 Å². The predicted octanol–water partition coefficient (Wildman–Crippen LogP) is 1.80.